The van der Waals surface area contributed by atoms with Gasteiger partial charge in [0, 0.05) is 43.6 Å². The summed E-state index contributed by atoms with van der Waals surface area (Å²) in [4.78, 5) is 5.74. The molecule has 0 saturated heterocycles. The van der Waals surface area contributed by atoms with Crippen LogP contribution in [0.25, 0.3) is 82.3 Å². The fourth-order valence-electron chi connectivity index (χ4n) is 10.7. The van der Waals surface area contributed by atoms with Crippen LogP contribution in [0.3, 0.4) is 0 Å². The molecule has 1 aliphatic heterocycles. The normalized spacial score (nSPS) is 15.2. The Labute approximate surface area is 353 Å². The van der Waals surface area contributed by atoms with Gasteiger partial charge in [-0.1, -0.05) is 166 Å². The molecule has 11 aromatic rings. The summed E-state index contributed by atoms with van der Waals surface area (Å²) in [6, 6.07) is 71.1. The highest BCUT2D eigenvalue weighted by molar-refractivity contribution is 6.24. The fraction of sp³-hybridized carbons (Fsp3) is 0.0702. The first-order chi connectivity index (χ1) is 30.0. The Bertz CT molecular complexity index is 3660. The monoisotopic (exact) mass is 780 g/mol. The molecule has 0 fully saturated rings. The average molecular weight is 781 g/mol. The molecule has 4 nitrogen and oxygen atoms in total. The van der Waals surface area contributed by atoms with Crippen LogP contribution in [0.5, 0.6) is 0 Å². The molecule has 0 saturated carbocycles. The number of aliphatic imine (C=N–C) groups is 1. The van der Waals surface area contributed by atoms with Crippen LogP contribution >= 0.6 is 0 Å². The maximum atomic E-state index is 5.74. The van der Waals surface area contributed by atoms with E-state index in [1.54, 1.807) is 0 Å². The summed E-state index contributed by atoms with van der Waals surface area (Å²) in [5.74, 6) is 0.940. The van der Waals surface area contributed by atoms with Crippen LogP contribution in [0, 0.1) is 0 Å². The maximum absolute atomic E-state index is 5.74. The summed E-state index contributed by atoms with van der Waals surface area (Å²) in [5.41, 5.74) is 16.8. The molecule has 2 aliphatic rings. The van der Waals surface area contributed by atoms with Crippen molar-refractivity contribution < 1.29 is 0 Å². The number of aromatic nitrogens is 2. The van der Waals surface area contributed by atoms with E-state index in [0.717, 1.165) is 39.4 Å². The van der Waals surface area contributed by atoms with Crippen molar-refractivity contribution in [3.05, 3.63) is 216 Å². The molecule has 4 heteroatoms. The number of para-hydroxylation sites is 3. The van der Waals surface area contributed by atoms with Gasteiger partial charge >= 0.3 is 0 Å². The number of anilines is 1. The molecule has 1 unspecified atom stereocenters. The van der Waals surface area contributed by atoms with Gasteiger partial charge in [-0.15, -0.1) is 0 Å². The third-order valence-electron chi connectivity index (χ3n) is 13.5. The third-order valence-corrected chi connectivity index (χ3v) is 13.5. The molecule has 0 spiro atoms. The number of hydrogen-bond donors (Lipinski definition) is 1. The van der Waals surface area contributed by atoms with Crippen LogP contribution in [0.1, 0.15) is 42.3 Å². The van der Waals surface area contributed by atoms with Gasteiger partial charge in [-0.05, 0) is 86.8 Å². The molecule has 0 amide bonds. The Morgan fingerprint density at radius 1 is 0.459 bits per heavy atom. The summed E-state index contributed by atoms with van der Waals surface area (Å²) >= 11 is 0. The van der Waals surface area contributed by atoms with Crippen molar-refractivity contribution in [1.82, 2.24) is 9.13 Å². The minimum absolute atomic E-state index is 0.116. The Balaban J connectivity index is 1.05. The van der Waals surface area contributed by atoms with Crippen LogP contribution in [0.4, 0.5) is 5.69 Å². The van der Waals surface area contributed by atoms with Crippen molar-refractivity contribution in [1.29, 1.82) is 0 Å². The van der Waals surface area contributed by atoms with Crippen LogP contribution in [0.2, 0.25) is 0 Å². The highest BCUT2D eigenvalue weighted by Crippen LogP contribution is 2.50. The molecule has 0 radical (unpaired) electrons. The van der Waals surface area contributed by atoms with Crippen LogP contribution < -0.4 is 5.32 Å². The second-order valence-corrected chi connectivity index (χ2v) is 17.2. The summed E-state index contributed by atoms with van der Waals surface area (Å²) in [7, 11) is 0. The first-order valence-electron chi connectivity index (χ1n) is 21.3. The van der Waals surface area contributed by atoms with E-state index < -0.39 is 0 Å². The fourth-order valence-corrected chi connectivity index (χ4v) is 10.7. The highest BCUT2D eigenvalue weighted by Gasteiger charge is 2.36. The van der Waals surface area contributed by atoms with Gasteiger partial charge in [-0.3, -0.25) is 4.57 Å². The lowest BCUT2D eigenvalue weighted by Crippen LogP contribution is -2.25. The number of fused-ring (bicyclic) bond motifs is 12. The molecule has 1 N–H and O–H groups in total. The number of nitrogens with zero attached hydrogens (tertiary/aromatic N) is 3. The number of rotatable bonds is 3. The standard InChI is InChI=1S/C57H40N4/c1-57(2)47-23-11-8-19-41(47)42-30-29-37(33-48(42)57)55-58-54-40-18-7-6-15-35(40)27-32-46(54)56(59-55)61-50-25-13-10-21-45(50)53-39(22-14-26-51(53)61)36-28-31-44-43-20-9-12-24-49(43)60(52(44)34-36)38-16-4-3-5-17-38/h3-34,55,58H,1-2H3. The third kappa shape index (κ3) is 4.85. The molecular formula is C57H40N4. The average Bonchev–Trinajstić information content (AvgIpc) is 3.91. The lowest BCUT2D eigenvalue weighted by molar-refractivity contribution is 0.657. The minimum atomic E-state index is -0.306. The maximum Gasteiger partial charge on any atom is 0.147 e. The quantitative estimate of drug-likeness (QED) is 0.190. The number of benzene rings is 9. The van der Waals surface area contributed by atoms with E-state index in [-0.39, 0.29) is 11.6 Å². The van der Waals surface area contributed by atoms with Gasteiger partial charge in [0.05, 0.1) is 27.8 Å². The van der Waals surface area contributed by atoms with Crippen LogP contribution in [-0.2, 0) is 5.41 Å². The van der Waals surface area contributed by atoms with Crippen molar-refractivity contribution in [3.8, 4) is 27.9 Å². The lowest BCUT2D eigenvalue weighted by atomic mass is 9.82. The molecule has 1 aliphatic carbocycles. The van der Waals surface area contributed by atoms with Crippen molar-refractivity contribution in [2.24, 2.45) is 4.99 Å². The molecular weight excluding hydrogens is 741 g/mol. The van der Waals surface area contributed by atoms with Gasteiger partial charge in [-0.2, -0.15) is 0 Å². The molecule has 1 atom stereocenters. The van der Waals surface area contributed by atoms with E-state index in [1.165, 1.54) is 76.7 Å². The van der Waals surface area contributed by atoms with Gasteiger partial charge in [0.2, 0.25) is 0 Å². The predicted octanol–water partition coefficient (Wildman–Crippen LogP) is 14.4. The minimum Gasteiger partial charge on any atom is -0.359 e. The molecule has 3 heterocycles. The smallest absolute Gasteiger partial charge is 0.147 e. The van der Waals surface area contributed by atoms with E-state index in [0.29, 0.717) is 0 Å². The zero-order chi connectivity index (χ0) is 40.4. The van der Waals surface area contributed by atoms with Crippen molar-refractivity contribution in [2.75, 3.05) is 5.32 Å². The Morgan fingerprint density at radius 3 is 1.98 bits per heavy atom. The lowest BCUT2D eigenvalue weighted by Gasteiger charge is -2.29. The van der Waals surface area contributed by atoms with E-state index in [1.807, 2.05) is 0 Å². The summed E-state index contributed by atoms with van der Waals surface area (Å²) < 4.78 is 4.82. The number of hydrogen-bond acceptors (Lipinski definition) is 2. The van der Waals surface area contributed by atoms with Crippen molar-refractivity contribution in [2.45, 2.75) is 25.4 Å². The zero-order valence-corrected chi connectivity index (χ0v) is 33.9. The number of nitrogens with one attached hydrogen (secondary N) is 1. The van der Waals surface area contributed by atoms with Gasteiger partial charge < -0.3 is 9.88 Å². The summed E-state index contributed by atoms with van der Waals surface area (Å²) in [6.45, 7) is 4.70. The van der Waals surface area contributed by atoms with Crippen molar-refractivity contribution in [3.63, 3.8) is 0 Å². The molecule has 2 aromatic heterocycles. The second-order valence-electron chi connectivity index (χ2n) is 17.2. The SMILES string of the molecule is CC1(C)c2ccccc2-c2ccc(C3N=C(n4c5ccccc5c5c(-c6ccc7c8ccccc8n(-c8ccccc8)c7c6)cccc54)c4ccc5ccccc5c4N3)cc21. The van der Waals surface area contributed by atoms with Crippen LogP contribution in [-0.4, -0.2) is 15.0 Å². The van der Waals surface area contributed by atoms with Crippen molar-refractivity contribution >= 4 is 65.9 Å². The van der Waals surface area contributed by atoms with E-state index in [9.17, 15) is 0 Å². The first-order valence-corrected chi connectivity index (χ1v) is 21.3. The molecule has 288 valence electrons. The topological polar surface area (TPSA) is 34.2 Å². The highest BCUT2D eigenvalue weighted by atomic mass is 15.2. The largest absolute Gasteiger partial charge is 0.359 e. The molecule has 13 rings (SSSR count). The molecule has 61 heavy (non-hydrogen) atoms. The Hall–Kier alpha value is -7.69. The van der Waals surface area contributed by atoms with E-state index in [2.05, 4.69) is 222 Å². The molecule has 9 aromatic carbocycles. The van der Waals surface area contributed by atoms with Gasteiger partial charge in [0.25, 0.3) is 0 Å². The second kappa shape index (κ2) is 12.7. The van der Waals surface area contributed by atoms with Gasteiger partial charge in [0.15, 0.2) is 0 Å². The Morgan fingerprint density at radius 2 is 1.11 bits per heavy atom. The van der Waals surface area contributed by atoms with Gasteiger partial charge in [-0.25, -0.2) is 4.99 Å². The van der Waals surface area contributed by atoms with E-state index in [4.69, 9.17) is 4.99 Å². The zero-order valence-electron chi connectivity index (χ0n) is 33.9. The van der Waals surface area contributed by atoms with Gasteiger partial charge in [0.1, 0.15) is 12.0 Å². The predicted molar refractivity (Wildman–Crippen MR) is 255 cm³/mol. The summed E-state index contributed by atoms with van der Waals surface area (Å²) in [6.07, 6.45) is -0.306. The van der Waals surface area contributed by atoms with E-state index >= 15 is 0 Å². The van der Waals surface area contributed by atoms with Crippen LogP contribution in [0.15, 0.2) is 199 Å². The Kier molecular flexibility index (Phi) is 7.10. The first kappa shape index (κ1) is 34.2. The summed E-state index contributed by atoms with van der Waals surface area (Å²) in [5, 5.41) is 11.3. The molecule has 0 bridgehead atoms.